The maximum atomic E-state index is 12.4. The molecule has 2 amide bonds. The normalized spacial score (nSPS) is 24.9. The number of hydrogen-bond acceptors (Lipinski definition) is 3. The first-order valence-electron chi connectivity index (χ1n) is 7.12. The Morgan fingerprint density at radius 3 is 2.56 bits per heavy atom. The fraction of sp³-hybridized carbons (Fsp3) is 0.857. The van der Waals surface area contributed by atoms with Crippen molar-refractivity contribution in [3.8, 4) is 0 Å². The van der Waals surface area contributed by atoms with Gasteiger partial charge in [-0.25, -0.2) is 0 Å². The fourth-order valence-corrected chi connectivity index (χ4v) is 3.30. The van der Waals surface area contributed by atoms with Crippen LogP contribution in [0.3, 0.4) is 0 Å². The summed E-state index contributed by atoms with van der Waals surface area (Å²) in [6, 6.07) is 0. The molecule has 0 bridgehead atoms. The molecule has 1 aliphatic carbocycles. The first-order chi connectivity index (χ1) is 8.59. The van der Waals surface area contributed by atoms with Crippen LogP contribution in [0.5, 0.6) is 0 Å². The summed E-state index contributed by atoms with van der Waals surface area (Å²) >= 11 is 0. The molecule has 1 atom stereocenters. The average Bonchev–Trinajstić information content (AvgIpc) is 2.55. The number of amides is 2. The molecule has 0 radical (unpaired) electrons. The third-order valence-corrected chi connectivity index (χ3v) is 4.32. The van der Waals surface area contributed by atoms with Crippen LogP contribution in [0.1, 0.15) is 58.3 Å². The van der Waals surface area contributed by atoms with Crippen LogP contribution >= 0.6 is 0 Å². The van der Waals surface area contributed by atoms with E-state index in [9.17, 15) is 14.7 Å². The Hall–Kier alpha value is -0.900. The molecule has 2 fully saturated rings. The molecule has 0 aromatic rings. The summed E-state index contributed by atoms with van der Waals surface area (Å²) in [7, 11) is 0. The number of rotatable bonds is 4. The number of imide groups is 1. The third-order valence-electron chi connectivity index (χ3n) is 4.32. The lowest BCUT2D eigenvalue weighted by Gasteiger charge is -2.30. The van der Waals surface area contributed by atoms with E-state index in [1.165, 1.54) is 11.3 Å². The Kier molecular flexibility index (Phi) is 4.05. The van der Waals surface area contributed by atoms with Gasteiger partial charge in [0.2, 0.25) is 11.8 Å². The van der Waals surface area contributed by atoms with Crippen molar-refractivity contribution in [1.29, 1.82) is 0 Å². The number of aliphatic hydroxyl groups excluding tert-OH is 1. The first-order valence-corrected chi connectivity index (χ1v) is 7.12. The van der Waals surface area contributed by atoms with Gasteiger partial charge in [0, 0.05) is 6.42 Å². The molecule has 2 rings (SSSR count). The van der Waals surface area contributed by atoms with Crippen molar-refractivity contribution in [1.82, 2.24) is 4.90 Å². The Balaban J connectivity index is 2.04. The summed E-state index contributed by atoms with van der Waals surface area (Å²) in [5.41, 5.74) is -0.415. The zero-order chi connectivity index (χ0) is 13.2. The minimum Gasteiger partial charge on any atom is -0.391 e. The van der Waals surface area contributed by atoms with Crippen molar-refractivity contribution in [3.05, 3.63) is 0 Å². The summed E-state index contributed by atoms with van der Waals surface area (Å²) < 4.78 is 0. The van der Waals surface area contributed by atoms with Crippen LogP contribution in [0.15, 0.2) is 0 Å². The minimum absolute atomic E-state index is 0.0256. The second-order valence-electron chi connectivity index (χ2n) is 5.77. The average molecular weight is 253 g/mol. The topological polar surface area (TPSA) is 57.6 Å². The molecule has 0 aromatic heterocycles. The Morgan fingerprint density at radius 2 is 1.94 bits per heavy atom. The summed E-state index contributed by atoms with van der Waals surface area (Å²) in [5, 5.41) is 9.79. The van der Waals surface area contributed by atoms with Gasteiger partial charge in [0.25, 0.3) is 0 Å². The van der Waals surface area contributed by atoms with Crippen LogP contribution in [-0.4, -0.2) is 34.5 Å². The number of aliphatic hydroxyl groups is 1. The van der Waals surface area contributed by atoms with E-state index >= 15 is 0 Å². The summed E-state index contributed by atoms with van der Waals surface area (Å²) in [5.74, 6) is -0.112. The molecule has 18 heavy (non-hydrogen) atoms. The Morgan fingerprint density at radius 1 is 1.28 bits per heavy atom. The van der Waals surface area contributed by atoms with E-state index in [1.54, 1.807) is 0 Å². The fourth-order valence-electron chi connectivity index (χ4n) is 3.30. The maximum absolute atomic E-state index is 12.4. The Bertz CT molecular complexity index is 334. The van der Waals surface area contributed by atoms with Gasteiger partial charge in [0.1, 0.15) is 0 Å². The molecule has 1 saturated heterocycles. The zero-order valence-electron chi connectivity index (χ0n) is 11.2. The monoisotopic (exact) mass is 253 g/mol. The highest BCUT2D eigenvalue weighted by Crippen LogP contribution is 2.45. The van der Waals surface area contributed by atoms with Crippen molar-refractivity contribution in [2.24, 2.45) is 5.41 Å². The second-order valence-corrected chi connectivity index (χ2v) is 5.77. The molecule has 1 heterocycles. The highest BCUT2D eigenvalue weighted by molar-refractivity contribution is 6.05. The smallest absolute Gasteiger partial charge is 0.235 e. The van der Waals surface area contributed by atoms with E-state index in [-0.39, 0.29) is 18.4 Å². The predicted molar refractivity (Wildman–Crippen MR) is 67.8 cm³/mol. The van der Waals surface area contributed by atoms with Crippen LogP contribution < -0.4 is 0 Å². The highest BCUT2D eigenvalue weighted by atomic mass is 16.3. The standard InChI is InChI=1S/C14H23NO3/c1-2-6-11(16)10-15-12(17)9-14(13(15)18)7-4-3-5-8-14/h11,16H,2-10H2,1H3. The van der Waals surface area contributed by atoms with Crippen molar-refractivity contribution in [3.63, 3.8) is 0 Å². The molecule has 4 heteroatoms. The molecule has 1 unspecified atom stereocenters. The van der Waals surface area contributed by atoms with Gasteiger partial charge in [0.15, 0.2) is 0 Å². The molecular formula is C14H23NO3. The van der Waals surface area contributed by atoms with Gasteiger partial charge in [0.05, 0.1) is 18.1 Å². The third kappa shape index (κ3) is 2.44. The molecule has 0 aromatic carbocycles. The van der Waals surface area contributed by atoms with Crippen LogP contribution in [-0.2, 0) is 9.59 Å². The highest BCUT2D eigenvalue weighted by Gasteiger charge is 2.51. The lowest BCUT2D eigenvalue weighted by atomic mass is 9.73. The number of carbonyl (C=O) groups is 2. The van der Waals surface area contributed by atoms with Crippen molar-refractivity contribution in [2.75, 3.05) is 6.54 Å². The molecule has 1 saturated carbocycles. The van der Waals surface area contributed by atoms with Crippen molar-refractivity contribution in [2.45, 2.75) is 64.4 Å². The SMILES string of the molecule is CCCC(O)CN1C(=O)CC2(CCCCC2)C1=O. The summed E-state index contributed by atoms with van der Waals surface area (Å²) in [4.78, 5) is 25.7. The Labute approximate surface area is 108 Å². The van der Waals surface area contributed by atoms with Crippen LogP contribution in [0, 0.1) is 5.41 Å². The molecular weight excluding hydrogens is 230 g/mol. The van der Waals surface area contributed by atoms with E-state index in [1.807, 2.05) is 6.92 Å². The maximum Gasteiger partial charge on any atom is 0.235 e. The quantitative estimate of drug-likeness (QED) is 0.778. The van der Waals surface area contributed by atoms with Gasteiger partial charge >= 0.3 is 0 Å². The minimum atomic E-state index is -0.568. The van der Waals surface area contributed by atoms with Crippen LogP contribution in [0.25, 0.3) is 0 Å². The number of hydrogen-bond donors (Lipinski definition) is 1. The lowest BCUT2D eigenvalue weighted by Crippen LogP contribution is -2.40. The van der Waals surface area contributed by atoms with E-state index in [4.69, 9.17) is 0 Å². The zero-order valence-corrected chi connectivity index (χ0v) is 11.2. The van der Waals surface area contributed by atoms with Crippen LogP contribution in [0.2, 0.25) is 0 Å². The number of nitrogens with zero attached hydrogens (tertiary/aromatic N) is 1. The van der Waals surface area contributed by atoms with E-state index in [0.29, 0.717) is 12.8 Å². The summed E-state index contributed by atoms with van der Waals surface area (Å²) in [6.07, 6.45) is 6.26. The van der Waals surface area contributed by atoms with Gasteiger partial charge in [-0.15, -0.1) is 0 Å². The van der Waals surface area contributed by atoms with Gasteiger partial charge in [-0.3, -0.25) is 14.5 Å². The lowest BCUT2D eigenvalue weighted by molar-refractivity contribution is -0.143. The van der Waals surface area contributed by atoms with Gasteiger partial charge in [-0.2, -0.15) is 0 Å². The molecule has 102 valence electrons. The molecule has 1 spiro atoms. The molecule has 1 N–H and O–H groups in total. The summed E-state index contributed by atoms with van der Waals surface area (Å²) in [6.45, 7) is 2.17. The molecule has 1 aliphatic heterocycles. The van der Waals surface area contributed by atoms with Crippen molar-refractivity contribution < 1.29 is 14.7 Å². The predicted octanol–water partition coefficient (Wildman–Crippen LogP) is 1.86. The largest absolute Gasteiger partial charge is 0.391 e. The molecule has 2 aliphatic rings. The van der Waals surface area contributed by atoms with E-state index < -0.39 is 11.5 Å². The van der Waals surface area contributed by atoms with E-state index in [2.05, 4.69) is 0 Å². The number of carbonyl (C=O) groups excluding carboxylic acids is 2. The van der Waals surface area contributed by atoms with E-state index in [0.717, 1.165) is 32.1 Å². The molecule has 4 nitrogen and oxygen atoms in total. The second kappa shape index (κ2) is 5.39. The van der Waals surface area contributed by atoms with Gasteiger partial charge in [-0.1, -0.05) is 32.6 Å². The first kappa shape index (κ1) is 13.5. The van der Waals surface area contributed by atoms with Crippen molar-refractivity contribution >= 4 is 11.8 Å². The van der Waals surface area contributed by atoms with Gasteiger partial charge in [-0.05, 0) is 19.3 Å². The number of β-amino-alcohol motifs (C(OH)–C–C–N with tert-alkyl or cyclic N) is 1. The van der Waals surface area contributed by atoms with Gasteiger partial charge < -0.3 is 5.11 Å². The van der Waals surface area contributed by atoms with Crippen LogP contribution in [0.4, 0.5) is 0 Å². The number of likely N-dealkylation sites (tertiary alicyclic amines) is 1.